The second-order valence-electron chi connectivity index (χ2n) is 4.55. The Morgan fingerprint density at radius 2 is 1.78 bits per heavy atom. The fraction of sp³-hybridized carbons (Fsp3) is 0.312. The van der Waals surface area contributed by atoms with Gasteiger partial charge in [-0.05, 0) is 49.6 Å². The van der Waals surface area contributed by atoms with Crippen molar-refractivity contribution in [2.75, 3.05) is 6.54 Å². The number of pyridine rings is 1. The number of hydrogen-bond acceptors (Lipinski definition) is 2. The highest BCUT2D eigenvalue weighted by Crippen LogP contribution is 2.10. The molecule has 2 rings (SSSR count). The first-order valence-corrected chi connectivity index (χ1v) is 6.53. The van der Waals surface area contributed by atoms with Crippen molar-refractivity contribution in [1.29, 1.82) is 0 Å². The van der Waals surface area contributed by atoms with Crippen molar-refractivity contribution in [1.82, 2.24) is 10.3 Å². The minimum Gasteiger partial charge on any atom is -0.310 e. The molecule has 0 bridgehead atoms. The Bertz CT molecular complexity index is 439. The van der Waals surface area contributed by atoms with E-state index in [1.807, 2.05) is 12.4 Å². The molecular formula is C16H20N2. The molecule has 0 fully saturated rings. The molecule has 1 atom stereocenters. The highest BCUT2D eigenvalue weighted by molar-refractivity contribution is 5.15. The summed E-state index contributed by atoms with van der Waals surface area (Å²) in [7, 11) is 0. The van der Waals surface area contributed by atoms with Gasteiger partial charge in [0.1, 0.15) is 0 Å². The third kappa shape index (κ3) is 3.97. The van der Waals surface area contributed by atoms with Gasteiger partial charge in [0.2, 0.25) is 0 Å². The fourth-order valence-electron chi connectivity index (χ4n) is 2.03. The molecule has 1 N–H and O–H groups in total. The zero-order valence-electron chi connectivity index (χ0n) is 10.8. The van der Waals surface area contributed by atoms with Gasteiger partial charge < -0.3 is 5.32 Å². The highest BCUT2D eigenvalue weighted by atomic mass is 14.9. The largest absolute Gasteiger partial charge is 0.310 e. The molecule has 0 aliphatic carbocycles. The van der Waals surface area contributed by atoms with E-state index in [-0.39, 0.29) is 0 Å². The number of nitrogens with one attached hydrogen (secondary N) is 1. The Hall–Kier alpha value is -1.67. The van der Waals surface area contributed by atoms with E-state index in [9.17, 15) is 0 Å². The Balaban J connectivity index is 1.70. The molecule has 18 heavy (non-hydrogen) atoms. The summed E-state index contributed by atoms with van der Waals surface area (Å²) in [6, 6.07) is 15.2. The molecule has 1 heterocycles. The molecule has 0 amide bonds. The molecule has 0 saturated carbocycles. The van der Waals surface area contributed by atoms with Gasteiger partial charge in [-0.3, -0.25) is 4.98 Å². The van der Waals surface area contributed by atoms with Gasteiger partial charge in [-0.1, -0.05) is 30.3 Å². The molecule has 0 aliphatic heterocycles. The molecule has 0 unspecified atom stereocenters. The normalized spacial score (nSPS) is 12.3. The van der Waals surface area contributed by atoms with Gasteiger partial charge in [-0.2, -0.15) is 0 Å². The average molecular weight is 240 g/mol. The van der Waals surface area contributed by atoms with E-state index in [4.69, 9.17) is 0 Å². The third-order valence-corrected chi connectivity index (χ3v) is 3.14. The first-order chi connectivity index (χ1) is 8.86. The lowest BCUT2D eigenvalue weighted by molar-refractivity contribution is 0.558. The average Bonchev–Trinajstić information content (AvgIpc) is 2.45. The number of aryl methyl sites for hydroxylation is 1. The SMILES string of the molecule is C[C@@H](NCCCc1ccccc1)c1ccncc1. The van der Waals surface area contributed by atoms with Crippen LogP contribution in [0.3, 0.4) is 0 Å². The maximum Gasteiger partial charge on any atom is 0.0292 e. The summed E-state index contributed by atoms with van der Waals surface area (Å²) in [5.41, 5.74) is 2.71. The van der Waals surface area contributed by atoms with Crippen molar-refractivity contribution in [2.24, 2.45) is 0 Å². The van der Waals surface area contributed by atoms with Crippen molar-refractivity contribution in [3.63, 3.8) is 0 Å². The fourth-order valence-corrected chi connectivity index (χ4v) is 2.03. The summed E-state index contributed by atoms with van der Waals surface area (Å²) in [6.45, 7) is 3.23. The van der Waals surface area contributed by atoms with Gasteiger partial charge in [0.25, 0.3) is 0 Å². The van der Waals surface area contributed by atoms with Crippen LogP contribution >= 0.6 is 0 Å². The van der Waals surface area contributed by atoms with Gasteiger partial charge in [-0.25, -0.2) is 0 Å². The van der Waals surface area contributed by atoms with Crippen LogP contribution in [0.5, 0.6) is 0 Å². The second-order valence-corrected chi connectivity index (χ2v) is 4.55. The Morgan fingerprint density at radius 3 is 2.50 bits per heavy atom. The van der Waals surface area contributed by atoms with E-state index in [0.29, 0.717) is 6.04 Å². The summed E-state index contributed by atoms with van der Waals surface area (Å²) >= 11 is 0. The molecule has 94 valence electrons. The van der Waals surface area contributed by atoms with Crippen molar-refractivity contribution < 1.29 is 0 Å². The number of nitrogens with zero attached hydrogens (tertiary/aromatic N) is 1. The molecule has 0 aliphatic rings. The zero-order chi connectivity index (χ0) is 12.6. The highest BCUT2D eigenvalue weighted by Gasteiger charge is 2.02. The summed E-state index contributed by atoms with van der Waals surface area (Å²) < 4.78 is 0. The van der Waals surface area contributed by atoms with Crippen LogP contribution in [0.4, 0.5) is 0 Å². The van der Waals surface area contributed by atoms with E-state index < -0.39 is 0 Å². The smallest absolute Gasteiger partial charge is 0.0292 e. The van der Waals surface area contributed by atoms with E-state index in [1.54, 1.807) is 0 Å². The van der Waals surface area contributed by atoms with E-state index in [1.165, 1.54) is 17.5 Å². The van der Waals surface area contributed by atoms with Crippen LogP contribution in [-0.2, 0) is 6.42 Å². The Labute approximate surface area is 109 Å². The standard InChI is InChI=1S/C16H20N2/c1-14(16-9-12-17-13-10-16)18-11-5-8-15-6-3-2-4-7-15/h2-4,6-7,9-10,12-14,18H,5,8,11H2,1H3/t14-/m1/s1. The van der Waals surface area contributed by atoms with E-state index in [2.05, 4.69) is 59.7 Å². The van der Waals surface area contributed by atoms with Gasteiger partial charge in [0.05, 0.1) is 0 Å². The first-order valence-electron chi connectivity index (χ1n) is 6.53. The van der Waals surface area contributed by atoms with Gasteiger partial charge in [0.15, 0.2) is 0 Å². The van der Waals surface area contributed by atoms with Gasteiger partial charge >= 0.3 is 0 Å². The lowest BCUT2D eigenvalue weighted by Crippen LogP contribution is -2.20. The molecule has 1 aromatic heterocycles. The number of aromatic nitrogens is 1. The van der Waals surface area contributed by atoms with Crippen molar-refractivity contribution in [2.45, 2.75) is 25.8 Å². The van der Waals surface area contributed by atoms with Crippen molar-refractivity contribution in [3.8, 4) is 0 Å². The summed E-state index contributed by atoms with van der Waals surface area (Å²) in [4.78, 5) is 4.04. The molecule has 2 aromatic rings. The van der Waals surface area contributed by atoms with E-state index in [0.717, 1.165) is 13.0 Å². The van der Waals surface area contributed by atoms with Crippen LogP contribution in [0.2, 0.25) is 0 Å². The molecular weight excluding hydrogens is 220 g/mol. The topological polar surface area (TPSA) is 24.9 Å². The van der Waals surface area contributed by atoms with Crippen molar-refractivity contribution in [3.05, 3.63) is 66.0 Å². The third-order valence-electron chi connectivity index (χ3n) is 3.14. The summed E-state index contributed by atoms with van der Waals surface area (Å²) in [5, 5.41) is 3.54. The van der Waals surface area contributed by atoms with Crippen LogP contribution in [0.15, 0.2) is 54.9 Å². The second kappa shape index (κ2) is 6.92. The zero-order valence-corrected chi connectivity index (χ0v) is 10.8. The lowest BCUT2D eigenvalue weighted by atomic mass is 10.1. The lowest BCUT2D eigenvalue weighted by Gasteiger charge is -2.13. The minimum atomic E-state index is 0.392. The van der Waals surface area contributed by atoms with Crippen LogP contribution in [0.25, 0.3) is 0 Å². The Kier molecular flexibility index (Phi) is 4.91. The predicted molar refractivity (Wildman–Crippen MR) is 75.4 cm³/mol. The Morgan fingerprint density at radius 1 is 1.06 bits per heavy atom. The quantitative estimate of drug-likeness (QED) is 0.783. The van der Waals surface area contributed by atoms with E-state index >= 15 is 0 Å². The summed E-state index contributed by atoms with van der Waals surface area (Å²) in [6.07, 6.45) is 5.99. The molecule has 2 nitrogen and oxygen atoms in total. The van der Waals surface area contributed by atoms with Crippen LogP contribution < -0.4 is 5.32 Å². The minimum absolute atomic E-state index is 0.392. The molecule has 0 spiro atoms. The maximum absolute atomic E-state index is 4.04. The van der Waals surface area contributed by atoms with Gasteiger partial charge in [0, 0.05) is 18.4 Å². The number of rotatable bonds is 6. The first kappa shape index (κ1) is 12.8. The van der Waals surface area contributed by atoms with Crippen LogP contribution in [0, 0.1) is 0 Å². The number of benzene rings is 1. The molecule has 2 heteroatoms. The predicted octanol–water partition coefficient (Wildman–Crippen LogP) is 3.37. The van der Waals surface area contributed by atoms with Crippen LogP contribution in [-0.4, -0.2) is 11.5 Å². The molecule has 0 radical (unpaired) electrons. The van der Waals surface area contributed by atoms with Gasteiger partial charge in [-0.15, -0.1) is 0 Å². The van der Waals surface area contributed by atoms with Crippen molar-refractivity contribution >= 4 is 0 Å². The monoisotopic (exact) mass is 240 g/mol. The maximum atomic E-state index is 4.04. The summed E-state index contributed by atoms with van der Waals surface area (Å²) in [5.74, 6) is 0. The van der Waals surface area contributed by atoms with Crippen LogP contribution in [0.1, 0.15) is 30.5 Å². The molecule has 1 aromatic carbocycles. The molecule has 0 saturated heterocycles. The number of hydrogen-bond donors (Lipinski definition) is 1.